The topological polar surface area (TPSA) is 47.6 Å². The van der Waals surface area contributed by atoms with Gasteiger partial charge in [0.25, 0.3) is 0 Å². The van der Waals surface area contributed by atoms with Crippen molar-refractivity contribution in [3.05, 3.63) is 53.3 Å². The van der Waals surface area contributed by atoms with Gasteiger partial charge in [0.2, 0.25) is 5.91 Å². The quantitative estimate of drug-likeness (QED) is 0.699. The summed E-state index contributed by atoms with van der Waals surface area (Å²) in [6.07, 6.45) is 2.92. The fraction of sp³-hybridized carbons (Fsp3) is 0.316. The number of halogens is 2. The van der Waals surface area contributed by atoms with Crippen LogP contribution < -0.4 is 14.8 Å². The summed E-state index contributed by atoms with van der Waals surface area (Å²) in [6.45, 7) is 0.768. The fourth-order valence-corrected chi connectivity index (χ4v) is 2.56. The fourth-order valence-electron chi connectivity index (χ4n) is 2.34. The lowest BCUT2D eigenvalue weighted by Gasteiger charge is -2.11. The van der Waals surface area contributed by atoms with Crippen molar-refractivity contribution in [3.63, 3.8) is 0 Å². The van der Waals surface area contributed by atoms with Crippen LogP contribution >= 0.6 is 11.6 Å². The number of amides is 1. The molecule has 132 valence electrons. The molecule has 1 aliphatic carbocycles. The second-order valence-electron chi connectivity index (χ2n) is 6.00. The molecule has 4 nitrogen and oxygen atoms in total. The number of rotatable bonds is 8. The second kappa shape index (κ2) is 8.21. The second-order valence-corrected chi connectivity index (χ2v) is 6.40. The minimum absolute atomic E-state index is 0.0658. The van der Waals surface area contributed by atoms with Gasteiger partial charge in [-0.05, 0) is 43.0 Å². The van der Waals surface area contributed by atoms with E-state index in [4.69, 9.17) is 21.1 Å². The highest BCUT2D eigenvalue weighted by Gasteiger charge is 2.23. The van der Waals surface area contributed by atoms with E-state index in [0.717, 1.165) is 12.8 Å². The van der Waals surface area contributed by atoms with Crippen LogP contribution in [-0.2, 0) is 4.79 Å². The Morgan fingerprint density at radius 2 is 2.00 bits per heavy atom. The summed E-state index contributed by atoms with van der Waals surface area (Å²) >= 11 is 6.18. The van der Waals surface area contributed by atoms with Gasteiger partial charge in [0, 0.05) is 18.6 Å². The van der Waals surface area contributed by atoms with Gasteiger partial charge in [0.15, 0.2) is 0 Å². The molecule has 25 heavy (non-hydrogen) atoms. The van der Waals surface area contributed by atoms with E-state index in [9.17, 15) is 9.18 Å². The van der Waals surface area contributed by atoms with Crippen LogP contribution in [0.25, 0.3) is 0 Å². The van der Waals surface area contributed by atoms with Crippen molar-refractivity contribution in [2.24, 2.45) is 5.92 Å². The summed E-state index contributed by atoms with van der Waals surface area (Å²) in [5.74, 6) is 1.65. The molecule has 0 bridgehead atoms. The summed E-state index contributed by atoms with van der Waals surface area (Å²) in [6, 6.07) is 10.9. The minimum atomic E-state index is -0.368. The average Bonchev–Trinajstić information content (AvgIpc) is 3.37. The molecule has 1 saturated carbocycles. The maximum atomic E-state index is 13.2. The van der Waals surface area contributed by atoms with E-state index >= 15 is 0 Å². The third-order valence-corrected chi connectivity index (χ3v) is 4.08. The van der Waals surface area contributed by atoms with Gasteiger partial charge in [-0.25, -0.2) is 4.39 Å². The third kappa shape index (κ3) is 5.64. The molecule has 6 heteroatoms. The van der Waals surface area contributed by atoms with Crippen LogP contribution in [0.5, 0.6) is 17.2 Å². The van der Waals surface area contributed by atoms with Crippen LogP contribution in [0, 0.1) is 11.7 Å². The van der Waals surface area contributed by atoms with E-state index in [1.807, 2.05) is 0 Å². The Balaban J connectivity index is 1.47. The molecule has 0 aliphatic heterocycles. The zero-order valence-corrected chi connectivity index (χ0v) is 14.4. The number of benzene rings is 2. The van der Waals surface area contributed by atoms with E-state index < -0.39 is 0 Å². The zero-order valence-electron chi connectivity index (χ0n) is 13.6. The summed E-state index contributed by atoms with van der Waals surface area (Å²) in [7, 11) is 0. The molecule has 1 N–H and O–H groups in total. The predicted octanol–water partition coefficient (Wildman–Crippen LogP) is 4.57. The van der Waals surface area contributed by atoms with Crippen molar-refractivity contribution >= 4 is 17.5 Å². The summed E-state index contributed by atoms with van der Waals surface area (Å²) in [4.78, 5) is 11.6. The number of carbonyl (C=O) groups excluding carboxylic acids is 1. The Hall–Kier alpha value is -2.27. The molecular formula is C19H19ClFNO3. The van der Waals surface area contributed by atoms with Gasteiger partial charge in [-0.3, -0.25) is 4.79 Å². The molecular weight excluding hydrogens is 345 g/mol. The first-order chi connectivity index (χ1) is 12.1. The normalized spacial score (nSPS) is 13.4. The number of hydrogen-bond acceptors (Lipinski definition) is 3. The molecule has 1 aliphatic rings. The van der Waals surface area contributed by atoms with Gasteiger partial charge in [0.05, 0.1) is 11.6 Å². The van der Waals surface area contributed by atoms with Gasteiger partial charge in [-0.2, -0.15) is 0 Å². The molecule has 1 fully saturated rings. The van der Waals surface area contributed by atoms with Crippen LogP contribution in [0.1, 0.15) is 19.3 Å². The summed E-state index contributed by atoms with van der Waals surface area (Å²) < 4.78 is 24.3. The minimum Gasteiger partial charge on any atom is -0.490 e. The molecule has 2 aromatic carbocycles. The lowest BCUT2D eigenvalue weighted by Crippen LogP contribution is -2.28. The van der Waals surface area contributed by atoms with Crippen LogP contribution in [0.4, 0.5) is 4.39 Å². The van der Waals surface area contributed by atoms with E-state index in [-0.39, 0.29) is 11.7 Å². The van der Waals surface area contributed by atoms with Crippen molar-refractivity contribution in [1.29, 1.82) is 0 Å². The van der Waals surface area contributed by atoms with Crippen molar-refractivity contribution in [1.82, 2.24) is 5.32 Å². The van der Waals surface area contributed by atoms with Crippen molar-refractivity contribution in [2.45, 2.75) is 19.3 Å². The van der Waals surface area contributed by atoms with Crippen LogP contribution in [0.15, 0.2) is 42.5 Å². The first-order valence-electron chi connectivity index (χ1n) is 8.22. The van der Waals surface area contributed by atoms with E-state index in [0.29, 0.717) is 47.8 Å². The Bertz CT molecular complexity index is 749. The molecule has 0 radical (unpaired) electrons. The molecule has 0 aromatic heterocycles. The largest absolute Gasteiger partial charge is 0.490 e. The lowest BCUT2D eigenvalue weighted by atomic mass is 10.3. The molecule has 1 amide bonds. The summed E-state index contributed by atoms with van der Waals surface area (Å²) in [5.41, 5.74) is 0. The molecule has 0 unspecified atom stereocenters. The van der Waals surface area contributed by atoms with Gasteiger partial charge in [0.1, 0.15) is 29.7 Å². The summed E-state index contributed by atoms with van der Waals surface area (Å²) in [5, 5.41) is 3.21. The van der Waals surface area contributed by atoms with Gasteiger partial charge < -0.3 is 14.8 Å². The highest BCUT2D eigenvalue weighted by molar-refractivity contribution is 6.32. The highest BCUT2D eigenvalue weighted by atomic mass is 35.5. The number of carbonyl (C=O) groups is 1. The Morgan fingerprint density at radius 1 is 1.20 bits per heavy atom. The van der Waals surface area contributed by atoms with Gasteiger partial charge in [-0.15, -0.1) is 0 Å². The molecule has 0 saturated heterocycles. The SMILES string of the molecule is O=C(CC1CC1)NCCOc1ccc(Oc2cccc(F)c2)cc1Cl. The molecule has 0 atom stereocenters. The molecule has 2 aromatic rings. The van der Waals surface area contributed by atoms with Crippen LogP contribution in [0.3, 0.4) is 0 Å². The zero-order chi connectivity index (χ0) is 17.6. The number of ether oxygens (including phenoxy) is 2. The number of hydrogen-bond donors (Lipinski definition) is 1. The molecule has 0 heterocycles. The van der Waals surface area contributed by atoms with E-state index in [1.54, 1.807) is 30.3 Å². The van der Waals surface area contributed by atoms with E-state index in [2.05, 4.69) is 5.32 Å². The Morgan fingerprint density at radius 3 is 2.72 bits per heavy atom. The molecule has 3 rings (SSSR count). The first-order valence-corrected chi connectivity index (χ1v) is 8.60. The van der Waals surface area contributed by atoms with E-state index in [1.165, 1.54) is 12.1 Å². The average molecular weight is 364 g/mol. The first kappa shape index (κ1) is 17.5. The van der Waals surface area contributed by atoms with Gasteiger partial charge in [-0.1, -0.05) is 17.7 Å². The third-order valence-electron chi connectivity index (χ3n) is 3.79. The monoisotopic (exact) mass is 363 g/mol. The van der Waals surface area contributed by atoms with Crippen molar-refractivity contribution in [3.8, 4) is 17.2 Å². The van der Waals surface area contributed by atoms with Crippen molar-refractivity contribution < 1.29 is 18.7 Å². The van der Waals surface area contributed by atoms with Gasteiger partial charge >= 0.3 is 0 Å². The van der Waals surface area contributed by atoms with Crippen molar-refractivity contribution in [2.75, 3.05) is 13.2 Å². The maximum absolute atomic E-state index is 13.2. The van der Waals surface area contributed by atoms with Crippen LogP contribution in [0.2, 0.25) is 5.02 Å². The Labute approximate surface area is 150 Å². The highest BCUT2D eigenvalue weighted by Crippen LogP contribution is 2.32. The lowest BCUT2D eigenvalue weighted by molar-refractivity contribution is -0.121. The smallest absolute Gasteiger partial charge is 0.220 e. The molecule has 0 spiro atoms. The van der Waals surface area contributed by atoms with Crippen LogP contribution in [-0.4, -0.2) is 19.1 Å². The Kier molecular flexibility index (Phi) is 5.76. The standard InChI is InChI=1S/C19H19ClFNO3/c20-17-12-16(25-15-3-1-2-14(21)11-15)6-7-18(17)24-9-8-22-19(23)10-13-4-5-13/h1-3,6-7,11-13H,4-5,8-10H2,(H,22,23). The maximum Gasteiger partial charge on any atom is 0.220 e. The number of nitrogens with one attached hydrogen (secondary N) is 1. The predicted molar refractivity (Wildman–Crippen MR) is 93.8 cm³/mol.